The zero-order valence-corrected chi connectivity index (χ0v) is 12.0. The molecule has 5 nitrogen and oxygen atoms in total. The van der Waals surface area contributed by atoms with Gasteiger partial charge in [-0.15, -0.1) is 0 Å². The average molecular weight is 277 g/mol. The number of hydrogen-bond acceptors (Lipinski definition) is 4. The minimum Gasteiger partial charge on any atom is -0.379 e. The van der Waals surface area contributed by atoms with E-state index in [2.05, 4.69) is 10.2 Å². The Labute approximate surface area is 120 Å². The van der Waals surface area contributed by atoms with E-state index in [1.165, 1.54) is 0 Å². The monoisotopic (exact) mass is 277 g/mol. The third kappa shape index (κ3) is 3.17. The summed E-state index contributed by atoms with van der Waals surface area (Å²) < 4.78 is 5.36. The highest BCUT2D eigenvalue weighted by molar-refractivity contribution is 5.86. The summed E-state index contributed by atoms with van der Waals surface area (Å²) in [7, 11) is 0. The number of primary amides is 1. The highest BCUT2D eigenvalue weighted by Crippen LogP contribution is 2.23. The maximum atomic E-state index is 12.2. The fourth-order valence-corrected chi connectivity index (χ4v) is 2.68. The van der Waals surface area contributed by atoms with Gasteiger partial charge in [0.15, 0.2) is 0 Å². The first-order valence-corrected chi connectivity index (χ1v) is 7.09. The third-order valence-corrected chi connectivity index (χ3v) is 3.73. The molecule has 3 N–H and O–H groups in total. The van der Waals surface area contributed by atoms with Crippen molar-refractivity contribution in [3.8, 4) is 0 Å². The topological polar surface area (TPSA) is 67.6 Å². The van der Waals surface area contributed by atoms with Crippen molar-refractivity contribution in [3.05, 3.63) is 35.9 Å². The lowest BCUT2D eigenvalue weighted by Gasteiger charge is -2.38. The molecule has 0 spiro atoms. The number of amides is 1. The number of nitrogens with one attached hydrogen (secondary N) is 1. The fraction of sp³-hybridized carbons (Fsp3) is 0.533. The van der Waals surface area contributed by atoms with Crippen molar-refractivity contribution in [2.45, 2.75) is 12.5 Å². The van der Waals surface area contributed by atoms with Gasteiger partial charge < -0.3 is 10.5 Å². The molecule has 2 rings (SSSR count). The first-order valence-electron chi connectivity index (χ1n) is 7.09. The molecule has 1 aromatic rings. The molecule has 5 heteroatoms. The molecule has 1 aromatic carbocycles. The largest absolute Gasteiger partial charge is 0.379 e. The lowest BCUT2D eigenvalue weighted by Crippen LogP contribution is -2.60. The van der Waals surface area contributed by atoms with E-state index in [0.29, 0.717) is 26.3 Å². The van der Waals surface area contributed by atoms with Crippen molar-refractivity contribution in [1.29, 1.82) is 0 Å². The standard InChI is InChI=1S/C15H23N3O2/c1-2-17-15(14(16)19,13-6-4-3-5-7-13)12-18-8-10-20-11-9-18/h3-7,17H,2,8-12H2,1H3,(H2,16,19). The van der Waals surface area contributed by atoms with Crippen molar-refractivity contribution in [1.82, 2.24) is 10.2 Å². The van der Waals surface area contributed by atoms with Gasteiger partial charge in [0, 0.05) is 19.6 Å². The molecule has 1 amide bonds. The predicted molar refractivity (Wildman–Crippen MR) is 78.3 cm³/mol. The molecular formula is C15H23N3O2. The SMILES string of the molecule is CCNC(CN1CCOCC1)(C(N)=O)c1ccccc1. The van der Waals surface area contributed by atoms with Gasteiger partial charge in [0.25, 0.3) is 0 Å². The molecule has 0 bridgehead atoms. The Morgan fingerprint density at radius 3 is 2.55 bits per heavy atom. The summed E-state index contributed by atoms with van der Waals surface area (Å²) in [6.07, 6.45) is 0. The smallest absolute Gasteiger partial charge is 0.243 e. The summed E-state index contributed by atoms with van der Waals surface area (Å²) in [5.41, 5.74) is 5.83. The molecule has 1 saturated heterocycles. The number of likely N-dealkylation sites (N-methyl/N-ethyl adjacent to an activating group) is 1. The Bertz CT molecular complexity index is 432. The Kier molecular flexibility index (Phi) is 5.11. The number of rotatable bonds is 6. The molecule has 1 atom stereocenters. The van der Waals surface area contributed by atoms with E-state index in [0.717, 1.165) is 18.7 Å². The fourth-order valence-electron chi connectivity index (χ4n) is 2.68. The molecule has 1 aliphatic heterocycles. The van der Waals surface area contributed by atoms with Crippen molar-refractivity contribution in [2.24, 2.45) is 5.73 Å². The van der Waals surface area contributed by atoms with Gasteiger partial charge in [-0.3, -0.25) is 15.0 Å². The van der Waals surface area contributed by atoms with Gasteiger partial charge in [-0.25, -0.2) is 0 Å². The summed E-state index contributed by atoms with van der Waals surface area (Å²) in [5.74, 6) is -0.336. The molecule has 1 aliphatic rings. The molecule has 1 heterocycles. The molecule has 0 aliphatic carbocycles. The van der Waals surface area contributed by atoms with Crippen LogP contribution < -0.4 is 11.1 Å². The number of ether oxygens (including phenoxy) is 1. The van der Waals surface area contributed by atoms with Crippen LogP contribution in [0.3, 0.4) is 0 Å². The number of carbonyl (C=O) groups excluding carboxylic acids is 1. The number of benzene rings is 1. The maximum absolute atomic E-state index is 12.2. The second-order valence-corrected chi connectivity index (χ2v) is 5.05. The van der Waals surface area contributed by atoms with Crippen LogP contribution in [0, 0.1) is 0 Å². The highest BCUT2D eigenvalue weighted by atomic mass is 16.5. The Balaban J connectivity index is 2.29. The van der Waals surface area contributed by atoms with Gasteiger partial charge in [0.05, 0.1) is 13.2 Å². The van der Waals surface area contributed by atoms with E-state index >= 15 is 0 Å². The van der Waals surface area contributed by atoms with Crippen LogP contribution in [0.2, 0.25) is 0 Å². The van der Waals surface area contributed by atoms with E-state index in [-0.39, 0.29) is 5.91 Å². The lowest BCUT2D eigenvalue weighted by molar-refractivity contribution is -0.126. The first-order chi connectivity index (χ1) is 9.69. The summed E-state index contributed by atoms with van der Waals surface area (Å²) in [6.45, 7) is 6.30. The third-order valence-electron chi connectivity index (χ3n) is 3.73. The van der Waals surface area contributed by atoms with Gasteiger partial charge in [0.2, 0.25) is 5.91 Å². The van der Waals surface area contributed by atoms with Crippen LogP contribution in [0.4, 0.5) is 0 Å². The molecule has 1 fully saturated rings. The predicted octanol–water partition coefficient (Wildman–Crippen LogP) is 0.309. The zero-order valence-electron chi connectivity index (χ0n) is 12.0. The molecular weight excluding hydrogens is 254 g/mol. The minimum absolute atomic E-state index is 0.336. The van der Waals surface area contributed by atoms with E-state index in [9.17, 15) is 4.79 Å². The molecule has 0 aromatic heterocycles. The van der Waals surface area contributed by atoms with Crippen LogP contribution in [-0.4, -0.2) is 50.2 Å². The van der Waals surface area contributed by atoms with E-state index in [1.54, 1.807) is 0 Å². The number of nitrogens with two attached hydrogens (primary N) is 1. The van der Waals surface area contributed by atoms with Gasteiger partial charge in [-0.05, 0) is 12.1 Å². The van der Waals surface area contributed by atoms with E-state index < -0.39 is 5.54 Å². The molecule has 20 heavy (non-hydrogen) atoms. The van der Waals surface area contributed by atoms with Gasteiger partial charge in [-0.1, -0.05) is 37.3 Å². The van der Waals surface area contributed by atoms with Gasteiger partial charge in [0.1, 0.15) is 5.54 Å². The second kappa shape index (κ2) is 6.83. The molecule has 0 radical (unpaired) electrons. The zero-order chi connectivity index (χ0) is 14.4. The summed E-state index contributed by atoms with van der Waals surface area (Å²) in [5, 5.41) is 3.30. The van der Waals surface area contributed by atoms with Crippen LogP contribution in [0.1, 0.15) is 12.5 Å². The highest BCUT2D eigenvalue weighted by Gasteiger charge is 2.39. The van der Waals surface area contributed by atoms with Crippen LogP contribution in [0.25, 0.3) is 0 Å². The van der Waals surface area contributed by atoms with Crippen LogP contribution >= 0.6 is 0 Å². The lowest BCUT2D eigenvalue weighted by atomic mass is 9.88. The van der Waals surface area contributed by atoms with Gasteiger partial charge >= 0.3 is 0 Å². The minimum atomic E-state index is -0.840. The van der Waals surface area contributed by atoms with Crippen molar-refractivity contribution < 1.29 is 9.53 Å². The van der Waals surface area contributed by atoms with E-state index in [1.807, 2.05) is 37.3 Å². The van der Waals surface area contributed by atoms with Crippen molar-refractivity contribution in [3.63, 3.8) is 0 Å². The van der Waals surface area contributed by atoms with Gasteiger partial charge in [-0.2, -0.15) is 0 Å². The number of hydrogen-bond donors (Lipinski definition) is 2. The number of morpholine rings is 1. The molecule has 110 valence electrons. The molecule has 0 saturated carbocycles. The first kappa shape index (κ1) is 15.0. The number of nitrogens with zero attached hydrogens (tertiary/aromatic N) is 1. The average Bonchev–Trinajstić information content (AvgIpc) is 2.48. The number of carbonyl (C=O) groups is 1. The van der Waals surface area contributed by atoms with Crippen molar-refractivity contribution in [2.75, 3.05) is 39.4 Å². The van der Waals surface area contributed by atoms with Crippen LogP contribution in [-0.2, 0) is 15.1 Å². The Morgan fingerprint density at radius 2 is 2.00 bits per heavy atom. The second-order valence-electron chi connectivity index (χ2n) is 5.05. The summed E-state index contributed by atoms with van der Waals surface area (Å²) >= 11 is 0. The van der Waals surface area contributed by atoms with E-state index in [4.69, 9.17) is 10.5 Å². The quantitative estimate of drug-likeness (QED) is 0.785. The van der Waals surface area contributed by atoms with Crippen LogP contribution in [0.5, 0.6) is 0 Å². The van der Waals surface area contributed by atoms with Crippen LogP contribution in [0.15, 0.2) is 30.3 Å². The summed E-state index contributed by atoms with van der Waals surface area (Å²) in [4.78, 5) is 14.4. The van der Waals surface area contributed by atoms with Crippen molar-refractivity contribution >= 4 is 5.91 Å². The molecule has 1 unspecified atom stereocenters. The normalized spacial score (nSPS) is 19.4. The Hall–Kier alpha value is -1.43. The Morgan fingerprint density at radius 1 is 1.35 bits per heavy atom. The summed E-state index contributed by atoms with van der Waals surface area (Å²) in [6, 6.07) is 9.71. The maximum Gasteiger partial charge on any atom is 0.243 e.